The maximum absolute atomic E-state index is 9.70. The zero-order valence-electron chi connectivity index (χ0n) is 9.40. The summed E-state index contributed by atoms with van der Waals surface area (Å²) in [5.74, 6) is 1.24. The molecule has 2 heteroatoms. The SMILES string of the molecule is CCC1CC1NC(C)c1ccccc1O. The maximum atomic E-state index is 9.70. The van der Waals surface area contributed by atoms with Crippen LogP contribution in [0.2, 0.25) is 0 Å². The minimum absolute atomic E-state index is 0.243. The minimum atomic E-state index is 0.243. The number of hydrogen-bond acceptors (Lipinski definition) is 2. The molecule has 1 saturated carbocycles. The van der Waals surface area contributed by atoms with Gasteiger partial charge >= 0.3 is 0 Å². The van der Waals surface area contributed by atoms with Crippen molar-refractivity contribution in [3.63, 3.8) is 0 Å². The number of aromatic hydroxyl groups is 1. The van der Waals surface area contributed by atoms with Crippen LogP contribution in [0.1, 0.15) is 38.3 Å². The smallest absolute Gasteiger partial charge is 0.120 e. The highest BCUT2D eigenvalue weighted by Crippen LogP contribution is 2.36. The lowest BCUT2D eigenvalue weighted by Crippen LogP contribution is -2.22. The Kier molecular flexibility index (Phi) is 2.96. The predicted octanol–water partition coefficient (Wildman–Crippen LogP) is 2.84. The highest BCUT2D eigenvalue weighted by molar-refractivity contribution is 5.34. The van der Waals surface area contributed by atoms with Crippen LogP contribution in [0.15, 0.2) is 24.3 Å². The van der Waals surface area contributed by atoms with Crippen LogP contribution in [0.4, 0.5) is 0 Å². The summed E-state index contributed by atoms with van der Waals surface area (Å²) < 4.78 is 0. The molecule has 0 aromatic heterocycles. The van der Waals surface area contributed by atoms with Crippen molar-refractivity contribution in [1.29, 1.82) is 0 Å². The average Bonchev–Trinajstić information content (AvgIpc) is 2.97. The van der Waals surface area contributed by atoms with E-state index in [-0.39, 0.29) is 6.04 Å². The Morgan fingerprint density at radius 3 is 2.80 bits per heavy atom. The molecule has 0 heterocycles. The van der Waals surface area contributed by atoms with Gasteiger partial charge < -0.3 is 10.4 Å². The van der Waals surface area contributed by atoms with E-state index in [9.17, 15) is 5.11 Å². The Labute approximate surface area is 91.3 Å². The van der Waals surface area contributed by atoms with E-state index in [0.29, 0.717) is 11.8 Å². The van der Waals surface area contributed by atoms with Gasteiger partial charge in [0, 0.05) is 17.6 Å². The summed E-state index contributed by atoms with van der Waals surface area (Å²) in [5.41, 5.74) is 0.999. The third-order valence-electron chi connectivity index (χ3n) is 3.31. The maximum Gasteiger partial charge on any atom is 0.120 e. The van der Waals surface area contributed by atoms with E-state index in [2.05, 4.69) is 19.2 Å². The van der Waals surface area contributed by atoms with Crippen molar-refractivity contribution in [2.75, 3.05) is 0 Å². The van der Waals surface area contributed by atoms with Crippen LogP contribution < -0.4 is 5.32 Å². The third kappa shape index (κ3) is 2.32. The monoisotopic (exact) mass is 205 g/mol. The second-order valence-corrected chi connectivity index (χ2v) is 4.46. The summed E-state index contributed by atoms with van der Waals surface area (Å²) in [4.78, 5) is 0. The van der Waals surface area contributed by atoms with Crippen molar-refractivity contribution < 1.29 is 5.11 Å². The van der Waals surface area contributed by atoms with Crippen LogP contribution in [-0.2, 0) is 0 Å². The van der Waals surface area contributed by atoms with Gasteiger partial charge in [0.05, 0.1) is 0 Å². The van der Waals surface area contributed by atoms with Gasteiger partial charge in [-0.15, -0.1) is 0 Å². The Bertz CT molecular complexity index is 337. The van der Waals surface area contributed by atoms with Crippen LogP contribution in [0.5, 0.6) is 5.75 Å². The first-order chi connectivity index (χ1) is 7.22. The molecule has 1 aromatic carbocycles. The standard InChI is InChI=1S/C13H19NO/c1-3-10-8-12(10)14-9(2)11-6-4-5-7-13(11)15/h4-7,9-10,12,14-15H,3,8H2,1-2H3. The van der Waals surface area contributed by atoms with Crippen molar-refractivity contribution in [2.24, 2.45) is 5.92 Å². The predicted molar refractivity (Wildman–Crippen MR) is 61.8 cm³/mol. The first kappa shape index (κ1) is 10.5. The van der Waals surface area contributed by atoms with E-state index < -0.39 is 0 Å². The molecule has 0 bridgehead atoms. The lowest BCUT2D eigenvalue weighted by molar-refractivity contribution is 0.449. The van der Waals surface area contributed by atoms with E-state index in [4.69, 9.17) is 0 Å². The van der Waals surface area contributed by atoms with E-state index in [1.54, 1.807) is 6.07 Å². The minimum Gasteiger partial charge on any atom is -0.508 e. The molecule has 0 spiro atoms. The number of rotatable bonds is 4. The Morgan fingerprint density at radius 1 is 1.47 bits per heavy atom. The van der Waals surface area contributed by atoms with Crippen molar-refractivity contribution in [1.82, 2.24) is 5.32 Å². The molecule has 3 atom stereocenters. The molecule has 0 radical (unpaired) electrons. The van der Waals surface area contributed by atoms with Crippen molar-refractivity contribution in [3.8, 4) is 5.75 Å². The second-order valence-electron chi connectivity index (χ2n) is 4.46. The van der Waals surface area contributed by atoms with Gasteiger partial charge in [0.15, 0.2) is 0 Å². The fourth-order valence-electron chi connectivity index (χ4n) is 2.17. The number of nitrogens with one attached hydrogen (secondary N) is 1. The first-order valence-corrected chi connectivity index (χ1v) is 5.76. The summed E-state index contributed by atoms with van der Waals surface area (Å²) in [6.07, 6.45) is 2.54. The summed E-state index contributed by atoms with van der Waals surface area (Å²) in [7, 11) is 0. The van der Waals surface area contributed by atoms with E-state index in [1.807, 2.05) is 18.2 Å². The largest absolute Gasteiger partial charge is 0.508 e. The van der Waals surface area contributed by atoms with Crippen molar-refractivity contribution in [2.45, 2.75) is 38.8 Å². The molecule has 2 N–H and O–H groups in total. The van der Waals surface area contributed by atoms with Crippen molar-refractivity contribution in [3.05, 3.63) is 29.8 Å². The fourth-order valence-corrected chi connectivity index (χ4v) is 2.17. The molecule has 1 fully saturated rings. The Balaban J connectivity index is 1.97. The molecule has 2 rings (SSSR count). The van der Waals surface area contributed by atoms with Gasteiger partial charge in [-0.25, -0.2) is 0 Å². The highest BCUT2D eigenvalue weighted by Gasteiger charge is 2.36. The molecular formula is C13H19NO. The van der Waals surface area contributed by atoms with Gasteiger partial charge in [-0.05, 0) is 25.3 Å². The summed E-state index contributed by atoms with van der Waals surface area (Å²) >= 11 is 0. The van der Waals surface area contributed by atoms with Crippen molar-refractivity contribution >= 4 is 0 Å². The van der Waals surface area contributed by atoms with Crippen LogP contribution in [0.3, 0.4) is 0 Å². The zero-order valence-corrected chi connectivity index (χ0v) is 9.40. The molecule has 1 aliphatic rings. The lowest BCUT2D eigenvalue weighted by Gasteiger charge is -2.15. The number of hydrogen-bond donors (Lipinski definition) is 2. The zero-order chi connectivity index (χ0) is 10.8. The first-order valence-electron chi connectivity index (χ1n) is 5.76. The van der Waals surface area contributed by atoms with E-state index in [0.717, 1.165) is 11.5 Å². The normalized spacial score (nSPS) is 26.3. The van der Waals surface area contributed by atoms with E-state index >= 15 is 0 Å². The average molecular weight is 205 g/mol. The Morgan fingerprint density at radius 2 is 2.20 bits per heavy atom. The molecule has 1 aromatic rings. The molecule has 2 nitrogen and oxygen atoms in total. The topological polar surface area (TPSA) is 32.3 Å². The summed E-state index contributed by atoms with van der Waals surface area (Å²) in [5, 5.41) is 13.2. The molecule has 0 amide bonds. The number of para-hydroxylation sites is 1. The van der Waals surface area contributed by atoms with Gasteiger partial charge in [-0.2, -0.15) is 0 Å². The van der Waals surface area contributed by atoms with Crippen LogP contribution in [0.25, 0.3) is 0 Å². The van der Waals surface area contributed by atoms with Gasteiger partial charge in [0.1, 0.15) is 5.75 Å². The van der Waals surface area contributed by atoms with Crippen LogP contribution in [0, 0.1) is 5.92 Å². The Hall–Kier alpha value is -1.02. The lowest BCUT2D eigenvalue weighted by atomic mass is 10.1. The summed E-state index contributed by atoms with van der Waals surface area (Å²) in [6, 6.07) is 8.46. The van der Waals surface area contributed by atoms with E-state index in [1.165, 1.54) is 12.8 Å². The quantitative estimate of drug-likeness (QED) is 0.792. The fraction of sp³-hybridized carbons (Fsp3) is 0.538. The second kappa shape index (κ2) is 4.23. The molecule has 1 aliphatic carbocycles. The van der Waals surface area contributed by atoms with Crippen LogP contribution >= 0.6 is 0 Å². The van der Waals surface area contributed by atoms with Gasteiger partial charge in [-0.1, -0.05) is 31.5 Å². The molecular weight excluding hydrogens is 186 g/mol. The number of benzene rings is 1. The number of phenols is 1. The summed E-state index contributed by atoms with van der Waals surface area (Å²) in [6.45, 7) is 4.34. The molecule has 0 saturated heterocycles. The molecule has 0 aliphatic heterocycles. The number of phenolic OH excluding ortho intramolecular Hbond substituents is 1. The van der Waals surface area contributed by atoms with Gasteiger partial charge in [0.2, 0.25) is 0 Å². The highest BCUT2D eigenvalue weighted by atomic mass is 16.3. The van der Waals surface area contributed by atoms with Gasteiger partial charge in [-0.3, -0.25) is 0 Å². The molecule has 3 unspecified atom stereocenters. The third-order valence-corrected chi connectivity index (χ3v) is 3.31. The van der Waals surface area contributed by atoms with Crippen LogP contribution in [-0.4, -0.2) is 11.1 Å². The van der Waals surface area contributed by atoms with Gasteiger partial charge in [0.25, 0.3) is 0 Å². The molecule has 82 valence electrons. The molecule has 15 heavy (non-hydrogen) atoms.